The van der Waals surface area contributed by atoms with Crippen LogP contribution in [0.3, 0.4) is 0 Å². The number of carbonyl (C=O) groups excluding carboxylic acids is 1. The highest BCUT2D eigenvalue weighted by Crippen LogP contribution is 2.17. The van der Waals surface area contributed by atoms with E-state index in [2.05, 4.69) is 20.2 Å². The summed E-state index contributed by atoms with van der Waals surface area (Å²) in [6.07, 6.45) is 3.80. The zero-order valence-corrected chi connectivity index (χ0v) is 12.6. The van der Waals surface area contributed by atoms with Gasteiger partial charge >= 0.3 is 0 Å². The molecule has 0 aromatic carbocycles. The number of aryl methyl sites for hydroxylation is 2. The van der Waals surface area contributed by atoms with Gasteiger partial charge in [0.15, 0.2) is 0 Å². The lowest BCUT2D eigenvalue weighted by Gasteiger charge is -2.16. The Morgan fingerprint density at radius 3 is 2.73 bits per heavy atom. The number of likely N-dealkylation sites (tertiary alicyclic amines) is 1. The summed E-state index contributed by atoms with van der Waals surface area (Å²) in [6.45, 7) is 4.86. The van der Waals surface area contributed by atoms with Crippen molar-refractivity contribution in [3.63, 3.8) is 0 Å². The van der Waals surface area contributed by atoms with E-state index < -0.39 is 0 Å². The quantitative estimate of drug-likeness (QED) is 0.846. The highest BCUT2D eigenvalue weighted by Gasteiger charge is 2.29. The predicted molar refractivity (Wildman–Crippen MR) is 78.5 cm³/mol. The van der Waals surface area contributed by atoms with E-state index in [0.717, 1.165) is 17.8 Å². The Balaban J connectivity index is 1.61. The summed E-state index contributed by atoms with van der Waals surface area (Å²) < 4.78 is 5.76. The fourth-order valence-corrected chi connectivity index (χ4v) is 2.29. The van der Waals surface area contributed by atoms with Crippen LogP contribution in [0, 0.1) is 13.8 Å². The average Bonchev–Trinajstić information content (AvgIpc) is 2.98. The molecule has 1 aliphatic heterocycles. The number of hydrogen-bond acceptors (Lipinski definition) is 6. The molecule has 7 heteroatoms. The summed E-state index contributed by atoms with van der Waals surface area (Å²) in [7, 11) is 0. The molecule has 1 fully saturated rings. The molecule has 0 spiro atoms. The molecule has 1 unspecified atom stereocenters. The van der Waals surface area contributed by atoms with Crippen LogP contribution in [-0.4, -0.2) is 50.2 Å². The van der Waals surface area contributed by atoms with Crippen LogP contribution in [-0.2, 0) is 0 Å². The van der Waals surface area contributed by atoms with Crippen LogP contribution in [0.15, 0.2) is 24.5 Å². The number of aromatic nitrogens is 4. The maximum absolute atomic E-state index is 12.3. The lowest BCUT2D eigenvalue weighted by atomic mass is 10.3. The Morgan fingerprint density at radius 2 is 2.05 bits per heavy atom. The van der Waals surface area contributed by atoms with Crippen LogP contribution >= 0.6 is 0 Å². The number of hydrogen-bond donors (Lipinski definition) is 0. The first-order valence-corrected chi connectivity index (χ1v) is 7.17. The molecule has 0 aliphatic carbocycles. The smallest absolute Gasteiger partial charge is 0.274 e. The van der Waals surface area contributed by atoms with Gasteiger partial charge in [-0.1, -0.05) is 0 Å². The summed E-state index contributed by atoms with van der Waals surface area (Å²) in [5, 5.41) is 7.94. The van der Waals surface area contributed by atoms with Gasteiger partial charge in [-0.2, -0.15) is 5.10 Å². The molecule has 22 heavy (non-hydrogen) atoms. The molecule has 2 aromatic heterocycles. The number of ether oxygens (including phenoxy) is 1. The van der Waals surface area contributed by atoms with Gasteiger partial charge in [0.1, 0.15) is 11.8 Å². The van der Waals surface area contributed by atoms with Crippen LogP contribution < -0.4 is 4.74 Å². The molecule has 114 valence electrons. The van der Waals surface area contributed by atoms with E-state index in [9.17, 15) is 4.79 Å². The number of carbonyl (C=O) groups is 1. The maximum Gasteiger partial charge on any atom is 0.274 e. The van der Waals surface area contributed by atoms with Crippen LogP contribution in [0.5, 0.6) is 5.88 Å². The minimum Gasteiger partial charge on any atom is -0.471 e. The van der Waals surface area contributed by atoms with Crippen molar-refractivity contribution in [2.24, 2.45) is 0 Å². The van der Waals surface area contributed by atoms with Gasteiger partial charge < -0.3 is 9.64 Å². The highest BCUT2D eigenvalue weighted by molar-refractivity contribution is 5.92. The molecule has 1 aliphatic rings. The van der Waals surface area contributed by atoms with E-state index in [-0.39, 0.29) is 12.0 Å². The van der Waals surface area contributed by atoms with Crippen molar-refractivity contribution in [3.05, 3.63) is 41.6 Å². The fourth-order valence-electron chi connectivity index (χ4n) is 2.29. The first kappa shape index (κ1) is 14.4. The zero-order chi connectivity index (χ0) is 15.5. The van der Waals surface area contributed by atoms with Gasteiger partial charge in [-0.15, -0.1) is 5.10 Å². The molecule has 1 amide bonds. The number of nitrogens with zero attached hydrogens (tertiary/aromatic N) is 5. The molecule has 1 atom stereocenters. The average molecular weight is 299 g/mol. The standard InChI is InChI=1S/C15H17N5O2/c1-10-3-4-14(19-18-10)22-12-5-6-20(9-12)15(21)13-8-16-11(2)7-17-13/h3-4,7-8,12H,5-6,9H2,1-2H3. The first-order chi connectivity index (χ1) is 10.6. The van der Waals surface area contributed by atoms with E-state index in [1.54, 1.807) is 17.2 Å². The molecular formula is C15H17N5O2. The fraction of sp³-hybridized carbons (Fsp3) is 0.400. The van der Waals surface area contributed by atoms with E-state index in [0.29, 0.717) is 24.7 Å². The van der Waals surface area contributed by atoms with Gasteiger partial charge in [0, 0.05) is 25.2 Å². The van der Waals surface area contributed by atoms with Gasteiger partial charge in [0.2, 0.25) is 5.88 Å². The lowest BCUT2D eigenvalue weighted by molar-refractivity contribution is 0.0764. The number of amides is 1. The SMILES string of the molecule is Cc1cnc(C(=O)N2CCC(Oc3ccc(C)nn3)C2)cn1. The monoisotopic (exact) mass is 299 g/mol. The van der Waals surface area contributed by atoms with Crippen molar-refractivity contribution in [2.75, 3.05) is 13.1 Å². The third kappa shape index (κ3) is 3.19. The van der Waals surface area contributed by atoms with E-state index in [1.165, 1.54) is 6.20 Å². The summed E-state index contributed by atoms with van der Waals surface area (Å²) in [4.78, 5) is 22.3. The first-order valence-electron chi connectivity index (χ1n) is 7.17. The molecular weight excluding hydrogens is 282 g/mol. The molecule has 1 saturated heterocycles. The Kier molecular flexibility index (Phi) is 3.95. The normalized spacial score (nSPS) is 17.5. The third-order valence-electron chi connectivity index (χ3n) is 3.49. The second-order valence-electron chi connectivity index (χ2n) is 5.34. The topological polar surface area (TPSA) is 81.1 Å². The van der Waals surface area contributed by atoms with Crippen molar-refractivity contribution in [2.45, 2.75) is 26.4 Å². The van der Waals surface area contributed by atoms with E-state index >= 15 is 0 Å². The van der Waals surface area contributed by atoms with Crippen molar-refractivity contribution < 1.29 is 9.53 Å². The van der Waals surface area contributed by atoms with Crippen molar-refractivity contribution >= 4 is 5.91 Å². The Labute approximate surface area is 128 Å². The largest absolute Gasteiger partial charge is 0.471 e. The number of rotatable bonds is 3. The molecule has 2 aromatic rings. The zero-order valence-electron chi connectivity index (χ0n) is 12.6. The van der Waals surface area contributed by atoms with Crippen LogP contribution in [0.2, 0.25) is 0 Å². The van der Waals surface area contributed by atoms with Crippen LogP contribution in [0.1, 0.15) is 28.3 Å². The molecule has 3 rings (SSSR count). The lowest BCUT2D eigenvalue weighted by Crippen LogP contribution is -2.31. The van der Waals surface area contributed by atoms with Gasteiger partial charge in [0.05, 0.1) is 24.1 Å². The summed E-state index contributed by atoms with van der Waals surface area (Å²) in [5.41, 5.74) is 1.99. The minimum atomic E-state index is -0.117. The summed E-state index contributed by atoms with van der Waals surface area (Å²) in [6, 6.07) is 3.64. The second kappa shape index (κ2) is 6.05. The van der Waals surface area contributed by atoms with Crippen molar-refractivity contribution in [1.82, 2.24) is 25.1 Å². The molecule has 0 N–H and O–H groups in total. The molecule has 0 saturated carbocycles. The van der Waals surface area contributed by atoms with E-state index in [4.69, 9.17) is 4.74 Å². The van der Waals surface area contributed by atoms with Gasteiger partial charge in [-0.05, 0) is 19.9 Å². The third-order valence-corrected chi connectivity index (χ3v) is 3.49. The minimum absolute atomic E-state index is 0.0700. The molecule has 3 heterocycles. The molecule has 7 nitrogen and oxygen atoms in total. The summed E-state index contributed by atoms with van der Waals surface area (Å²) in [5.74, 6) is 0.369. The Hall–Kier alpha value is -2.57. The molecule has 0 bridgehead atoms. The summed E-state index contributed by atoms with van der Waals surface area (Å²) >= 11 is 0. The second-order valence-corrected chi connectivity index (χ2v) is 5.34. The van der Waals surface area contributed by atoms with Gasteiger partial charge in [-0.25, -0.2) is 4.98 Å². The van der Waals surface area contributed by atoms with Crippen molar-refractivity contribution in [1.29, 1.82) is 0 Å². The van der Waals surface area contributed by atoms with Gasteiger partial charge in [0.25, 0.3) is 5.91 Å². The highest BCUT2D eigenvalue weighted by atomic mass is 16.5. The molecule has 0 radical (unpaired) electrons. The van der Waals surface area contributed by atoms with Crippen molar-refractivity contribution in [3.8, 4) is 5.88 Å². The van der Waals surface area contributed by atoms with Crippen LogP contribution in [0.25, 0.3) is 0 Å². The van der Waals surface area contributed by atoms with Crippen LogP contribution in [0.4, 0.5) is 0 Å². The maximum atomic E-state index is 12.3. The van der Waals surface area contributed by atoms with Gasteiger partial charge in [-0.3, -0.25) is 9.78 Å². The Bertz CT molecular complexity index is 657. The predicted octanol–water partition coefficient (Wildman–Crippen LogP) is 1.18. The van der Waals surface area contributed by atoms with E-state index in [1.807, 2.05) is 19.9 Å². The Morgan fingerprint density at radius 1 is 1.18 bits per heavy atom.